The fourth-order valence-corrected chi connectivity index (χ4v) is 2.42. The molecule has 1 amide bonds. The maximum absolute atomic E-state index is 11.8. The van der Waals surface area contributed by atoms with Gasteiger partial charge in [-0.05, 0) is 34.7 Å². The van der Waals surface area contributed by atoms with E-state index < -0.39 is 24.0 Å². The van der Waals surface area contributed by atoms with Gasteiger partial charge in [0.15, 0.2) is 0 Å². The second-order valence-electron chi connectivity index (χ2n) is 4.97. The lowest BCUT2D eigenvalue weighted by Gasteiger charge is -2.18. The molecule has 1 rings (SSSR count). The smallest absolute Gasteiger partial charge is 0.326 e. The zero-order valence-electron chi connectivity index (χ0n) is 11.1. The molecule has 0 unspecified atom stereocenters. The standard InChI is InChI=1S/C13H20N2O3S/c1-8(2)5-10(14)12(16)15-11(13(17)18)6-9-3-4-19-7-9/h3-4,7-8,10-11H,5-6,14H2,1-2H3,(H,15,16)(H,17,18)/t10-,11-/m0/s1. The van der Waals surface area contributed by atoms with Crippen LogP contribution < -0.4 is 11.1 Å². The minimum absolute atomic E-state index is 0.277. The molecule has 0 saturated carbocycles. The number of carbonyl (C=O) groups is 2. The molecule has 6 heteroatoms. The monoisotopic (exact) mass is 284 g/mol. The molecule has 0 aliphatic carbocycles. The van der Waals surface area contributed by atoms with Crippen LogP contribution in [-0.4, -0.2) is 29.1 Å². The first-order valence-electron chi connectivity index (χ1n) is 6.20. The summed E-state index contributed by atoms with van der Waals surface area (Å²) in [5.74, 6) is -1.16. The van der Waals surface area contributed by atoms with Crippen LogP contribution in [-0.2, 0) is 16.0 Å². The Morgan fingerprint density at radius 3 is 2.63 bits per heavy atom. The lowest BCUT2D eigenvalue weighted by Crippen LogP contribution is -2.49. The van der Waals surface area contributed by atoms with Gasteiger partial charge in [0.05, 0.1) is 6.04 Å². The van der Waals surface area contributed by atoms with E-state index in [-0.39, 0.29) is 6.42 Å². The Morgan fingerprint density at radius 2 is 2.16 bits per heavy atom. The van der Waals surface area contributed by atoms with Crippen LogP contribution in [0.25, 0.3) is 0 Å². The molecule has 106 valence electrons. The summed E-state index contributed by atoms with van der Waals surface area (Å²) in [5, 5.41) is 15.4. The third-order valence-electron chi connectivity index (χ3n) is 2.70. The van der Waals surface area contributed by atoms with E-state index >= 15 is 0 Å². The highest BCUT2D eigenvalue weighted by Crippen LogP contribution is 2.09. The van der Waals surface area contributed by atoms with Crippen molar-refractivity contribution in [1.29, 1.82) is 0 Å². The quantitative estimate of drug-likeness (QED) is 0.702. The largest absolute Gasteiger partial charge is 0.480 e. The van der Waals surface area contributed by atoms with Crippen LogP contribution in [0.1, 0.15) is 25.8 Å². The first kappa shape index (κ1) is 15.7. The summed E-state index contributed by atoms with van der Waals surface area (Å²) in [4.78, 5) is 23.0. The summed E-state index contributed by atoms with van der Waals surface area (Å²) in [5.41, 5.74) is 6.64. The van der Waals surface area contributed by atoms with Crippen molar-refractivity contribution in [3.8, 4) is 0 Å². The van der Waals surface area contributed by atoms with E-state index in [4.69, 9.17) is 10.8 Å². The molecule has 19 heavy (non-hydrogen) atoms. The molecule has 1 heterocycles. The van der Waals surface area contributed by atoms with Crippen LogP contribution in [0.3, 0.4) is 0 Å². The summed E-state index contributed by atoms with van der Waals surface area (Å²) in [6.07, 6.45) is 0.815. The highest BCUT2D eigenvalue weighted by atomic mass is 32.1. The fraction of sp³-hybridized carbons (Fsp3) is 0.538. The molecule has 2 atom stereocenters. The van der Waals surface area contributed by atoms with E-state index in [2.05, 4.69) is 5.32 Å². The summed E-state index contributed by atoms with van der Waals surface area (Å²) in [7, 11) is 0. The maximum atomic E-state index is 11.8. The van der Waals surface area contributed by atoms with Crippen LogP contribution >= 0.6 is 11.3 Å². The highest BCUT2D eigenvalue weighted by molar-refractivity contribution is 7.07. The highest BCUT2D eigenvalue weighted by Gasteiger charge is 2.24. The number of aliphatic carboxylic acids is 1. The molecule has 4 N–H and O–H groups in total. The van der Waals surface area contributed by atoms with Crippen LogP contribution in [0.5, 0.6) is 0 Å². The van der Waals surface area contributed by atoms with E-state index in [1.54, 1.807) is 0 Å². The molecule has 0 aromatic carbocycles. The summed E-state index contributed by atoms with van der Waals surface area (Å²) in [6.45, 7) is 3.93. The van der Waals surface area contributed by atoms with Crippen LogP contribution in [0, 0.1) is 5.92 Å². The van der Waals surface area contributed by atoms with Gasteiger partial charge in [0.25, 0.3) is 0 Å². The zero-order valence-corrected chi connectivity index (χ0v) is 11.9. The topological polar surface area (TPSA) is 92.4 Å². The Labute approximate surface area is 116 Å². The number of carboxylic acid groups (broad SMARTS) is 1. The number of thiophene rings is 1. The molecule has 0 aliphatic heterocycles. The molecule has 1 aromatic heterocycles. The van der Waals surface area contributed by atoms with Gasteiger partial charge in [-0.1, -0.05) is 13.8 Å². The van der Waals surface area contributed by atoms with Crippen molar-refractivity contribution < 1.29 is 14.7 Å². The molecule has 1 aromatic rings. The minimum Gasteiger partial charge on any atom is -0.480 e. The fourth-order valence-electron chi connectivity index (χ4n) is 1.74. The van der Waals surface area contributed by atoms with E-state index in [1.165, 1.54) is 11.3 Å². The van der Waals surface area contributed by atoms with Gasteiger partial charge in [0.1, 0.15) is 6.04 Å². The number of nitrogens with two attached hydrogens (primary N) is 1. The SMILES string of the molecule is CC(C)C[C@H](N)C(=O)N[C@@H](Cc1ccsc1)C(=O)O. The number of amides is 1. The van der Waals surface area contributed by atoms with Crippen molar-refractivity contribution in [2.45, 2.75) is 38.8 Å². The normalized spacial score (nSPS) is 14.1. The van der Waals surface area contributed by atoms with Gasteiger partial charge in [-0.2, -0.15) is 11.3 Å². The van der Waals surface area contributed by atoms with E-state index in [0.29, 0.717) is 12.3 Å². The summed E-state index contributed by atoms with van der Waals surface area (Å²) >= 11 is 1.50. The lowest BCUT2D eigenvalue weighted by atomic mass is 10.0. The Hall–Kier alpha value is -1.40. The number of hydrogen-bond acceptors (Lipinski definition) is 4. The third-order valence-corrected chi connectivity index (χ3v) is 3.43. The van der Waals surface area contributed by atoms with Gasteiger partial charge in [-0.15, -0.1) is 0 Å². The molecular formula is C13H20N2O3S. The molecule has 5 nitrogen and oxygen atoms in total. The van der Waals surface area contributed by atoms with Crippen molar-refractivity contribution in [3.05, 3.63) is 22.4 Å². The summed E-state index contributed by atoms with van der Waals surface area (Å²) in [6, 6.07) is 0.255. The van der Waals surface area contributed by atoms with E-state index in [1.807, 2.05) is 30.7 Å². The van der Waals surface area contributed by atoms with Crippen molar-refractivity contribution in [1.82, 2.24) is 5.32 Å². The molecule has 0 radical (unpaired) electrons. The number of hydrogen-bond donors (Lipinski definition) is 3. The van der Waals surface area contributed by atoms with Crippen molar-refractivity contribution >= 4 is 23.2 Å². The van der Waals surface area contributed by atoms with Crippen molar-refractivity contribution in [3.63, 3.8) is 0 Å². The number of carboxylic acids is 1. The molecule has 0 bridgehead atoms. The number of rotatable bonds is 7. The van der Waals surface area contributed by atoms with Gasteiger partial charge in [0.2, 0.25) is 5.91 Å². The maximum Gasteiger partial charge on any atom is 0.326 e. The predicted octanol–water partition coefficient (Wildman–Crippen LogP) is 1.23. The molecule has 0 saturated heterocycles. The van der Waals surface area contributed by atoms with Crippen molar-refractivity contribution in [2.75, 3.05) is 0 Å². The zero-order chi connectivity index (χ0) is 14.4. The predicted molar refractivity (Wildman–Crippen MR) is 75.0 cm³/mol. The molecule has 0 spiro atoms. The van der Waals surface area contributed by atoms with Gasteiger partial charge in [-0.3, -0.25) is 4.79 Å². The second-order valence-corrected chi connectivity index (χ2v) is 5.75. The van der Waals surface area contributed by atoms with Gasteiger partial charge in [-0.25, -0.2) is 4.79 Å². The van der Waals surface area contributed by atoms with Gasteiger partial charge < -0.3 is 16.2 Å². The average Bonchev–Trinajstić information content (AvgIpc) is 2.79. The van der Waals surface area contributed by atoms with Crippen molar-refractivity contribution in [2.24, 2.45) is 11.7 Å². The minimum atomic E-state index is -1.05. The third kappa shape index (κ3) is 5.40. The average molecular weight is 284 g/mol. The number of nitrogens with one attached hydrogen (secondary N) is 1. The Morgan fingerprint density at radius 1 is 1.47 bits per heavy atom. The molecule has 0 fully saturated rings. The van der Waals surface area contributed by atoms with E-state index in [9.17, 15) is 9.59 Å². The van der Waals surface area contributed by atoms with Crippen LogP contribution in [0.4, 0.5) is 0 Å². The Bertz CT molecular complexity index is 418. The first-order chi connectivity index (χ1) is 8.90. The number of carbonyl (C=O) groups excluding carboxylic acids is 1. The molecular weight excluding hydrogens is 264 g/mol. The second kappa shape index (κ2) is 7.25. The van der Waals surface area contributed by atoms with Gasteiger partial charge in [0, 0.05) is 6.42 Å². The lowest BCUT2D eigenvalue weighted by molar-refractivity contribution is -0.142. The van der Waals surface area contributed by atoms with E-state index in [0.717, 1.165) is 5.56 Å². The Kier molecular flexibility index (Phi) is 5.98. The first-order valence-corrected chi connectivity index (χ1v) is 7.14. The molecule has 0 aliphatic rings. The summed E-state index contributed by atoms with van der Waals surface area (Å²) < 4.78 is 0. The van der Waals surface area contributed by atoms with Crippen LogP contribution in [0.15, 0.2) is 16.8 Å². The van der Waals surface area contributed by atoms with Crippen LogP contribution in [0.2, 0.25) is 0 Å². The Balaban J connectivity index is 2.58. The van der Waals surface area contributed by atoms with Gasteiger partial charge >= 0.3 is 5.97 Å².